The first kappa shape index (κ1) is 9.06. The molecule has 0 bridgehead atoms. The summed E-state index contributed by atoms with van der Waals surface area (Å²) in [4.78, 5) is 0. The van der Waals surface area contributed by atoms with Gasteiger partial charge in [-0.05, 0) is 24.5 Å². The Morgan fingerprint density at radius 1 is 1.43 bits per heavy atom. The van der Waals surface area contributed by atoms with E-state index in [4.69, 9.17) is 10.3 Å². The summed E-state index contributed by atoms with van der Waals surface area (Å²) in [6, 6.07) is 5.66. The first-order valence-corrected chi connectivity index (χ1v) is 4.80. The molecule has 2 rings (SSSR count). The lowest BCUT2D eigenvalue weighted by atomic mass is 10.1. The minimum atomic E-state index is 0.584. The Bertz CT molecular complexity index is 445. The van der Waals surface area contributed by atoms with E-state index >= 15 is 0 Å². The van der Waals surface area contributed by atoms with E-state index in [2.05, 4.69) is 19.0 Å². The molecule has 0 fully saturated rings. The molecule has 74 valence electrons. The van der Waals surface area contributed by atoms with E-state index in [0.29, 0.717) is 11.6 Å². The number of anilines is 1. The van der Waals surface area contributed by atoms with Gasteiger partial charge < -0.3 is 10.3 Å². The Hall–Kier alpha value is -1.51. The summed E-state index contributed by atoms with van der Waals surface area (Å²) < 4.78 is 5.20. The maximum absolute atomic E-state index is 5.65. The number of benzene rings is 1. The molecule has 3 nitrogen and oxygen atoms in total. The number of fused-ring (bicyclic) bond motifs is 1. The van der Waals surface area contributed by atoms with Gasteiger partial charge in [0.1, 0.15) is 0 Å². The molecule has 0 aliphatic rings. The van der Waals surface area contributed by atoms with Crippen molar-refractivity contribution in [3.63, 3.8) is 0 Å². The largest absolute Gasteiger partial charge is 0.399 e. The molecule has 14 heavy (non-hydrogen) atoms. The zero-order chi connectivity index (χ0) is 10.1. The minimum absolute atomic E-state index is 0.584. The summed E-state index contributed by atoms with van der Waals surface area (Å²) in [6.07, 6.45) is 0.941. The lowest BCUT2D eigenvalue weighted by molar-refractivity contribution is 0.439. The highest BCUT2D eigenvalue weighted by molar-refractivity contribution is 5.82. The van der Waals surface area contributed by atoms with Crippen molar-refractivity contribution >= 4 is 16.7 Å². The molecule has 0 amide bonds. The second-order valence-corrected chi connectivity index (χ2v) is 3.98. The van der Waals surface area contributed by atoms with E-state index in [9.17, 15) is 0 Å². The maximum atomic E-state index is 5.65. The van der Waals surface area contributed by atoms with Gasteiger partial charge >= 0.3 is 0 Å². The summed E-state index contributed by atoms with van der Waals surface area (Å²) in [7, 11) is 0. The van der Waals surface area contributed by atoms with Crippen LogP contribution >= 0.6 is 0 Å². The number of hydrogen-bond acceptors (Lipinski definition) is 3. The third-order valence-corrected chi connectivity index (χ3v) is 2.17. The van der Waals surface area contributed by atoms with Crippen LogP contribution in [-0.2, 0) is 6.42 Å². The molecule has 1 heterocycles. The zero-order valence-electron chi connectivity index (χ0n) is 8.45. The average molecular weight is 190 g/mol. The van der Waals surface area contributed by atoms with E-state index in [1.165, 1.54) is 0 Å². The second kappa shape index (κ2) is 3.33. The fourth-order valence-corrected chi connectivity index (χ4v) is 1.54. The summed E-state index contributed by atoms with van der Waals surface area (Å²) in [5.41, 5.74) is 8.16. The third-order valence-electron chi connectivity index (χ3n) is 2.17. The molecule has 0 saturated carbocycles. The molecule has 2 N–H and O–H groups in total. The quantitative estimate of drug-likeness (QED) is 0.740. The highest BCUT2D eigenvalue weighted by Crippen LogP contribution is 2.22. The molecule has 1 aromatic heterocycles. The molecule has 0 radical (unpaired) electrons. The Morgan fingerprint density at radius 2 is 2.21 bits per heavy atom. The molecule has 3 heteroatoms. The van der Waals surface area contributed by atoms with E-state index in [0.717, 1.165) is 23.1 Å². The van der Waals surface area contributed by atoms with Gasteiger partial charge in [0, 0.05) is 17.1 Å². The van der Waals surface area contributed by atoms with Gasteiger partial charge in [-0.25, -0.2) is 0 Å². The number of nitrogens with two attached hydrogens (primary N) is 1. The summed E-state index contributed by atoms with van der Waals surface area (Å²) in [5, 5.41) is 5.12. The van der Waals surface area contributed by atoms with Crippen LogP contribution < -0.4 is 5.73 Å². The molecule has 1 aromatic carbocycles. The van der Waals surface area contributed by atoms with Crippen LogP contribution in [0.2, 0.25) is 0 Å². The van der Waals surface area contributed by atoms with E-state index in [1.807, 2.05) is 18.2 Å². The van der Waals surface area contributed by atoms with Gasteiger partial charge in [0.05, 0.1) is 5.69 Å². The molecular weight excluding hydrogens is 176 g/mol. The first-order chi connectivity index (χ1) is 6.66. The van der Waals surface area contributed by atoms with Crippen LogP contribution in [0.1, 0.15) is 19.5 Å². The fraction of sp³-hybridized carbons (Fsp3) is 0.364. The van der Waals surface area contributed by atoms with Crippen molar-refractivity contribution in [2.45, 2.75) is 20.3 Å². The molecule has 2 aromatic rings. The van der Waals surface area contributed by atoms with Crippen LogP contribution in [0.25, 0.3) is 11.0 Å². The van der Waals surface area contributed by atoms with Gasteiger partial charge in [0.15, 0.2) is 5.58 Å². The molecular formula is C11H14N2O. The molecule has 0 spiro atoms. The molecule has 0 aliphatic heterocycles. The van der Waals surface area contributed by atoms with Crippen molar-refractivity contribution in [3.8, 4) is 0 Å². The van der Waals surface area contributed by atoms with Gasteiger partial charge in [-0.1, -0.05) is 19.0 Å². The number of aromatic nitrogens is 1. The Balaban J connectivity index is 2.47. The zero-order valence-corrected chi connectivity index (χ0v) is 8.45. The molecule has 0 saturated heterocycles. The van der Waals surface area contributed by atoms with Crippen LogP contribution in [0.3, 0.4) is 0 Å². The summed E-state index contributed by atoms with van der Waals surface area (Å²) in [6.45, 7) is 4.33. The second-order valence-electron chi connectivity index (χ2n) is 3.98. The highest BCUT2D eigenvalue weighted by atomic mass is 16.5. The van der Waals surface area contributed by atoms with Gasteiger partial charge in [0.2, 0.25) is 0 Å². The molecule has 0 atom stereocenters. The van der Waals surface area contributed by atoms with Crippen molar-refractivity contribution in [3.05, 3.63) is 23.9 Å². The Kier molecular flexibility index (Phi) is 2.15. The topological polar surface area (TPSA) is 52.0 Å². The van der Waals surface area contributed by atoms with E-state index in [-0.39, 0.29) is 0 Å². The van der Waals surface area contributed by atoms with Crippen LogP contribution in [0.15, 0.2) is 22.7 Å². The van der Waals surface area contributed by atoms with Crippen molar-refractivity contribution in [1.82, 2.24) is 5.16 Å². The van der Waals surface area contributed by atoms with Crippen LogP contribution in [0, 0.1) is 5.92 Å². The standard InChI is InChI=1S/C11H14N2O/c1-7(2)5-10-9-4-3-8(12)6-11(9)14-13-10/h3-4,6-7H,5,12H2,1-2H3. The highest BCUT2D eigenvalue weighted by Gasteiger charge is 2.09. The van der Waals surface area contributed by atoms with Crippen LogP contribution in [0.4, 0.5) is 5.69 Å². The van der Waals surface area contributed by atoms with Crippen molar-refractivity contribution in [2.75, 3.05) is 5.73 Å². The predicted molar refractivity (Wildman–Crippen MR) is 57.0 cm³/mol. The van der Waals surface area contributed by atoms with Gasteiger partial charge in [-0.15, -0.1) is 0 Å². The first-order valence-electron chi connectivity index (χ1n) is 4.80. The SMILES string of the molecule is CC(C)Cc1noc2cc(N)ccc12. The van der Waals surface area contributed by atoms with Crippen LogP contribution in [-0.4, -0.2) is 5.16 Å². The smallest absolute Gasteiger partial charge is 0.169 e. The van der Waals surface area contributed by atoms with Gasteiger partial charge in [-0.3, -0.25) is 0 Å². The van der Waals surface area contributed by atoms with E-state index < -0.39 is 0 Å². The minimum Gasteiger partial charge on any atom is -0.399 e. The van der Waals surface area contributed by atoms with Gasteiger partial charge in [-0.2, -0.15) is 0 Å². The monoisotopic (exact) mass is 190 g/mol. The number of nitrogens with zero attached hydrogens (tertiary/aromatic N) is 1. The number of nitrogen functional groups attached to an aromatic ring is 1. The number of hydrogen-bond donors (Lipinski definition) is 1. The lowest BCUT2D eigenvalue weighted by Gasteiger charge is -1.99. The van der Waals surface area contributed by atoms with Crippen LogP contribution in [0.5, 0.6) is 0 Å². The Labute approximate surface area is 82.9 Å². The fourth-order valence-electron chi connectivity index (χ4n) is 1.54. The van der Waals surface area contributed by atoms with Crippen molar-refractivity contribution in [2.24, 2.45) is 5.92 Å². The predicted octanol–water partition coefficient (Wildman–Crippen LogP) is 2.61. The third kappa shape index (κ3) is 1.58. The lowest BCUT2D eigenvalue weighted by Crippen LogP contribution is -1.94. The Morgan fingerprint density at radius 3 is 2.93 bits per heavy atom. The van der Waals surface area contributed by atoms with Gasteiger partial charge in [0.25, 0.3) is 0 Å². The van der Waals surface area contributed by atoms with E-state index in [1.54, 1.807) is 0 Å². The summed E-state index contributed by atoms with van der Waals surface area (Å²) >= 11 is 0. The maximum Gasteiger partial charge on any atom is 0.169 e. The normalized spacial score (nSPS) is 11.4. The number of rotatable bonds is 2. The van der Waals surface area contributed by atoms with Crippen molar-refractivity contribution < 1.29 is 4.52 Å². The summed E-state index contributed by atoms with van der Waals surface area (Å²) in [5.74, 6) is 0.584. The van der Waals surface area contributed by atoms with Crippen molar-refractivity contribution in [1.29, 1.82) is 0 Å². The average Bonchev–Trinajstić information content (AvgIpc) is 2.47. The molecule has 0 aliphatic carbocycles. The molecule has 0 unspecified atom stereocenters.